The van der Waals surface area contributed by atoms with Gasteiger partial charge >= 0.3 is 0 Å². The molecule has 0 bridgehead atoms. The Morgan fingerprint density at radius 1 is 1.05 bits per heavy atom. The summed E-state index contributed by atoms with van der Waals surface area (Å²) in [6, 6.07) is 12.1. The van der Waals surface area contributed by atoms with Crippen molar-refractivity contribution in [2.45, 2.75) is 20.0 Å². The minimum atomic E-state index is -0.253. The van der Waals surface area contributed by atoms with Crippen LogP contribution in [0.5, 0.6) is 11.5 Å². The van der Waals surface area contributed by atoms with E-state index in [0.29, 0.717) is 31.3 Å². The third-order valence-corrected chi connectivity index (χ3v) is 3.07. The molecule has 0 atom stereocenters. The molecule has 0 aliphatic carbocycles. The van der Waals surface area contributed by atoms with E-state index < -0.39 is 0 Å². The van der Waals surface area contributed by atoms with E-state index in [2.05, 4.69) is 0 Å². The molecule has 0 unspecified atom stereocenters. The van der Waals surface area contributed by atoms with Crippen molar-refractivity contribution < 1.29 is 13.9 Å². The molecule has 0 saturated carbocycles. The number of hydrogen-bond donors (Lipinski definition) is 1. The van der Waals surface area contributed by atoms with Gasteiger partial charge in [-0.25, -0.2) is 4.39 Å². The molecular formula is C17H20FNO2. The van der Waals surface area contributed by atoms with Crippen molar-refractivity contribution in [3.63, 3.8) is 0 Å². The Hall–Kier alpha value is -2.07. The molecule has 0 saturated heterocycles. The van der Waals surface area contributed by atoms with Gasteiger partial charge in [-0.2, -0.15) is 0 Å². The van der Waals surface area contributed by atoms with Gasteiger partial charge in [-0.3, -0.25) is 0 Å². The molecule has 21 heavy (non-hydrogen) atoms. The van der Waals surface area contributed by atoms with E-state index in [1.807, 2.05) is 25.1 Å². The van der Waals surface area contributed by atoms with Crippen molar-refractivity contribution in [1.82, 2.24) is 0 Å². The van der Waals surface area contributed by atoms with Crippen molar-refractivity contribution in [3.8, 4) is 11.5 Å². The SMILES string of the molecule is CCOc1cccc(CCN)c1OCc1ccc(F)cc1. The lowest BCUT2D eigenvalue weighted by Gasteiger charge is -2.15. The minimum absolute atomic E-state index is 0.253. The van der Waals surface area contributed by atoms with Crippen LogP contribution < -0.4 is 15.2 Å². The molecule has 4 heteroatoms. The van der Waals surface area contributed by atoms with Gasteiger partial charge < -0.3 is 15.2 Å². The van der Waals surface area contributed by atoms with E-state index in [1.165, 1.54) is 12.1 Å². The molecule has 112 valence electrons. The molecule has 0 aliphatic heterocycles. The first-order valence-electron chi connectivity index (χ1n) is 7.06. The van der Waals surface area contributed by atoms with Crippen molar-refractivity contribution in [1.29, 1.82) is 0 Å². The topological polar surface area (TPSA) is 44.5 Å². The molecular weight excluding hydrogens is 269 g/mol. The number of ether oxygens (including phenoxy) is 2. The van der Waals surface area contributed by atoms with Gasteiger partial charge in [0.25, 0.3) is 0 Å². The van der Waals surface area contributed by atoms with Gasteiger partial charge in [-0.05, 0) is 49.2 Å². The Balaban J connectivity index is 2.17. The summed E-state index contributed by atoms with van der Waals surface area (Å²) in [7, 11) is 0. The second-order valence-corrected chi connectivity index (χ2v) is 4.63. The average molecular weight is 289 g/mol. The van der Waals surface area contributed by atoms with Crippen LogP contribution in [0.1, 0.15) is 18.1 Å². The van der Waals surface area contributed by atoms with Crippen LogP contribution in [0.2, 0.25) is 0 Å². The fourth-order valence-corrected chi connectivity index (χ4v) is 2.08. The molecule has 0 spiro atoms. The summed E-state index contributed by atoms with van der Waals surface area (Å²) in [6.45, 7) is 3.41. The molecule has 0 fully saturated rings. The van der Waals surface area contributed by atoms with Crippen LogP contribution in [-0.4, -0.2) is 13.2 Å². The van der Waals surface area contributed by atoms with Gasteiger partial charge in [0.05, 0.1) is 6.61 Å². The highest BCUT2D eigenvalue weighted by molar-refractivity contribution is 5.47. The molecule has 3 nitrogen and oxygen atoms in total. The van der Waals surface area contributed by atoms with Gasteiger partial charge in [0, 0.05) is 0 Å². The van der Waals surface area contributed by atoms with E-state index in [9.17, 15) is 4.39 Å². The first-order chi connectivity index (χ1) is 10.2. The molecule has 0 aliphatic rings. The van der Waals surface area contributed by atoms with Gasteiger partial charge in [0.15, 0.2) is 11.5 Å². The van der Waals surface area contributed by atoms with Crippen molar-refractivity contribution in [2.75, 3.05) is 13.2 Å². The van der Waals surface area contributed by atoms with E-state index in [1.54, 1.807) is 12.1 Å². The summed E-state index contributed by atoms with van der Waals surface area (Å²) < 4.78 is 24.4. The first-order valence-corrected chi connectivity index (χ1v) is 7.06. The summed E-state index contributed by atoms with van der Waals surface area (Å²) in [6.07, 6.45) is 0.722. The Morgan fingerprint density at radius 3 is 2.48 bits per heavy atom. The summed E-state index contributed by atoms with van der Waals surface area (Å²) in [4.78, 5) is 0. The van der Waals surface area contributed by atoms with Crippen molar-refractivity contribution >= 4 is 0 Å². The Bertz CT molecular complexity index is 545. The maximum atomic E-state index is 12.9. The maximum absolute atomic E-state index is 12.9. The highest BCUT2D eigenvalue weighted by Gasteiger charge is 2.11. The maximum Gasteiger partial charge on any atom is 0.164 e. The fraction of sp³-hybridized carbons (Fsp3) is 0.294. The third-order valence-electron chi connectivity index (χ3n) is 3.07. The van der Waals surface area contributed by atoms with E-state index in [4.69, 9.17) is 15.2 Å². The lowest BCUT2D eigenvalue weighted by atomic mass is 10.1. The number of hydrogen-bond acceptors (Lipinski definition) is 3. The van der Waals surface area contributed by atoms with Crippen LogP contribution in [0, 0.1) is 5.82 Å². The van der Waals surface area contributed by atoms with E-state index in [0.717, 1.165) is 17.5 Å². The third kappa shape index (κ3) is 4.20. The average Bonchev–Trinajstić information content (AvgIpc) is 2.49. The molecule has 0 aromatic heterocycles. The normalized spacial score (nSPS) is 10.4. The Labute approximate surface area is 124 Å². The second-order valence-electron chi connectivity index (χ2n) is 4.63. The van der Waals surface area contributed by atoms with E-state index in [-0.39, 0.29) is 5.82 Å². The summed E-state index contributed by atoms with van der Waals surface area (Å²) in [5.41, 5.74) is 7.56. The molecule has 2 rings (SSSR count). The zero-order chi connectivity index (χ0) is 15.1. The first kappa shape index (κ1) is 15.3. The highest BCUT2D eigenvalue weighted by atomic mass is 19.1. The smallest absolute Gasteiger partial charge is 0.164 e. The van der Waals surface area contributed by atoms with Crippen LogP contribution in [0.3, 0.4) is 0 Å². The molecule has 0 heterocycles. The molecule has 2 N–H and O–H groups in total. The zero-order valence-corrected chi connectivity index (χ0v) is 12.1. The molecule has 0 amide bonds. The zero-order valence-electron chi connectivity index (χ0n) is 12.1. The predicted molar refractivity (Wildman–Crippen MR) is 81.1 cm³/mol. The molecule has 2 aromatic rings. The van der Waals surface area contributed by atoms with Crippen LogP contribution in [-0.2, 0) is 13.0 Å². The minimum Gasteiger partial charge on any atom is -0.490 e. The molecule has 2 aromatic carbocycles. The lowest BCUT2D eigenvalue weighted by molar-refractivity contribution is 0.266. The summed E-state index contributed by atoms with van der Waals surface area (Å²) in [5, 5.41) is 0. The van der Waals surface area contributed by atoms with Gasteiger partial charge in [0.1, 0.15) is 12.4 Å². The number of rotatable bonds is 7. The van der Waals surface area contributed by atoms with Crippen LogP contribution in [0.15, 0.2) is 42.5 Å². The van der Waals surface area contributed by atoms with Gasteiger partial charge in [-0.1, -0.05) is 24.3 Å². The second kappa shape index (κ2) is 7.64. The lowest BCUT2D eigenvalue weighted by Crippen LogP contribution is -2.07. The number of para-hydroxylation sites is 1. The summed E-state index contributed by atoms with van der Waals surface area (Å²) >= 11 is 0. The molecule has 0 radical (unpaired) electrons. The van der Waals surface area contributed by atoms with Crippen LogP contribution >= 0.6 is 0 Å². The van der Waals surface area contributed by atoms with Crippen LogP contribution in [0.25, 0.3) is 0 Å². The quantitative estimate of drug-likeness (QED) is 0.850. The summed E-state index contributed by atoms with van der Waals surface area (Å²) in [5.74, 6) is 1.18. The Morgan fingerprint density at radius 2 is 1.81 bits per heavy atom. The standard InChI is InChI=1S/C17H20FNO2/c1-2-20-16-5-3-4-14(10-11-19)17(16)21-12-13-6-8-15(18)9-7-13/h3-9H,2,10-12,19H2,1H3. The van der Waals surface area contributed by atoms with Gasteiger partial charge in [0.2, 0.25) is 0 Å². The predicted octanol–water partition coefficient (Wildman–Crippen LogP) is 3.30. The van der Waals surface area contributed by atoms with Crippen molar-refractivity contribution in [2.24, 2.45) is 5.73 Å². The van der Waals surface area contributed by atoms with Crippen LogP contribution in [0.4, 0.5) is 4.39 Å². The number of halogens is 1. The number of benzene rings is 2. The number of nitrogens with two attached hydrogens (primary N) is 1. The van der Waals surface area contributed by atoms with Gasteiger partial charge in [-0.15, -0.1) is 0 Å². The van der Waals surface area contributed by atoms with Crippen molar-refractivity contribution in [3.05, 3.63) is 59.4 Å². The largest absolute Gasteiger partial charge is 0.490 e. The van der Waals surface area contributed by atoms with E-state index >= 15 is 0 Å². The fourth-order valence-electron chi connectivity index (χ4n) is 2.08. The monoisotopic (exact) mass is 289 g/mol. The highest BCUT2D eigenvalue weighted by Crippen LogP contribution is 2.32. The Kier molecular flexibility index (Phi) is 5.58.